The van der Waals surface area contributed by atoms with E-state index in [2.05, 4.69) is 10.6 Å². The Kier molecular flexibility index (Phi) is 4.27. The fourth-order valence-electron chi connectivity index (χ4n) is 0.988. The van der Waals surface area contributed by atoms with E-state index >= 15 is 0 Å². The minimum atomic E-state index is -0.985. The van der Waals surface area contributed by atoms with E-state index in [0.717, 1.165) is 0 Å². The number of hydrogen-bond acceptors (Lipinski definition) is 3. The van der Waals surface area contributed by atoms with Gasteiger partial charge in [-0.1, -0.05) is 0 Å². The quantitative estimate of drug-likeness (QED) is 0.607. The predicted octanol–water partition coefficient (Wildman–Crippen LogP) is -0.394. The van der Waals surface area contributed by atoms with Crippen molar-refractivity contribution in [2.75, 3.05) is 7.05 Å². The van der Waals surface area contributed by atoms with Gasteiger partial charge in [-0.15, -0.1) is 0 Å². The Hall–Kier alpha value is -1.39. The largest absolute Gasteiger partial charge is 0.357 e. The van der Waals surface area contributed by atoms with Gasteiger partial charge in [-0.2, -0.15) is 0 Å². The first-order valence-electron chi connectivity index (χ1n) is 4.32. The van der Waals surface area contributed by atoms with E-state index in [9.17, 15) is 14.4 Å². The molecule has 0 fully saturated rings. The Labute approximate surface area is 83.2 Å². The summed E-state index contributed by atoms with van der Waals surface area (Å²) in [5.74, 6) is -0.962. The number of carbonyl (C=O) groups is 3. The van der Waals surface area contributed by atoms with Crippen LogP contribution in [-0.2, 0) is 14.4 Å². The predicted molar refractivity (Wildman–Crippen MR) is 51.6 cm³/mol. The van der Waals surface area contributed by atoms with Crippen LogP contribution in [0.15, 0.2) is 0 Å². The van der Waals surface area contributed by atoms with Crippen LogP contribution in [0.4, 0.5) is 0 Å². The van der Waals surface area contributed by atoms with E-state index in [0.29, 0.717) is 0 Å². The minimum absolute atomic E-state index is 0.194. The van der Waals surface area contributed by atoms with Crippen molar-refractivity contribution in [2.24, 2.45) is 0 Å². The van der Waals surface area contributed by atoms with Crippen LogP contribution in [0.1, 0.15) is 27.2 Å². The maximum Gasteiger partial charge on any atom is 0.244 e. The molecule has 0 aliphatic heterocycles. The number of likely N-dealkylation sites (N-methyl/N-ethyl adjacent to an activating group) is 1. The lowest BCUT2D eigenvalue weighted by atomic mass is 10.0. The Morgan fingerprint density at radius 2 is 1.71 bits per heavy atom. The van der Waals surface area contributed by atoms with Gasteiger partial charge >= 0.3 is 0 Å². The van der Waals surface area contributed by atoms with Crippen LogP contribution in [-0.4, -0.2) is 30.2 Å². The van der Waals surface area contributed by atoms with E-state index in [1.54, 1.807) is 13.8 Å². The third kappa shape index (κ3) is 4.02. The molecule has 0 rings (SSSR count). The zero-order valence-electron chi connectivity index (χ0n) is 8.93. The summed E-state index contributed by atoms with van der Waals surface area (Å²) in [5, 5.41) is 4.89. The number of ketones is 1. The van der Waals surface area contributed by atoms with Crippen molar-refractivity contribution in [1.82, 2.24) is 10.6 Å². The number of Topliss-reactive ketones (excluding diaryl/α,β-unsaturated/α-hetero) is 1. The summed E-state index contributed by atoms with van der Waals surface area (Å²) in [6.45, 7) is 4.47. The summed E-state index contributed by atoms with van der Waals surface area (Å²) in [4.78, 5) is 33.0. The second-order valence-corrected chi connectivity index (χ2v) is 3.63. The zero-order valence-corrected chi connectivity index (χ0v) is 8.93. The third-order valence-corrected chi connectivity index (χ3v) is 1.66. The Bertz CT molecular complexity index is 259. The molecule has 0 aromatic rings. The average molecular weight is 200 g/mol. The van der Waals surface area contributed by atoms with Crippen molar-refractivity contribution < 1.29 is 14.4 Å². The molecule has 0 aromatic carbocycles. The summed E-state index contributed by atoms with van der Waals surface area (Å²) in [6.07, 6.45) is -0.194. The molecule has 0 aromatic heterocycles. The number of nitrogens with one attached hydrogen (secondary N) is 2. The van der Waals surface area contributed by atoms with Crippen molar-refractivity contribution in [3.05, 3.63) is 0 Å². The molecular weight excluding hydrogens is 184 g/mol. The molecule has 0 bridgehead atoms. The van der Waals surface area contributed by atoms with Gasteiger partial charge in [0, 0.05) is 7.05 Å². The zero-order chi connectivity index (χ0) is 11.4. The second kappa shape index (κ2) is 4.74. The van der Waals surface area contributed by atoms with E-state index in [4.69, 9.17) is 0 Å². The van der Waals surface area contributed by atoms with Gasteiger partial charge in [0.15, 0.2) is 0 Å². The van der Waals surface area contributed by atoms with Crippen molar-refractivity contribution in [3.63, 3.8) is 0 Å². The van der Waals surface area contributed by atoms with Gasteiger partial charge in [0.2, 0.25) is 11.8 Å². The highest BCUT2D eigenvalue weighted by Gasteiger charge is 2.28. The van der Waals surface area contributed by atoms with E-state index in [-0.39, 0.29) is 18.1 Å². The molecule has 5 nitrogen and oxygen atoms in total. The van der Waals surface area contributed by atoms with Crippen LogP contribution < -0.4 is 10.6 Å². The van der Waals surface area contributed by atoms with Crippen LogP contribution in [0.25, 0.3) is 0 Å². The third-order valence-electron chi connectivity index (χ3n) is 1.66. The van der Waals surface area contributed by atoms with Gasteiger partial charge in [0.1, 0.15) is 11.3 Å². The molecule has 0 saturated carbocycles. The molecule has 0 aliphatic rings. The molecule has 0 unspecified atom stereocenters. The van der Waals surface area contributed by atoms with E-state index in [1.807, 2.05) is 0 Å². The number of rotatable bonds is 4. The summed E-state index contributed by atoms with van der Waals surface area (Å²) >= 11 is 0. The lowest BCUT2D eigenvalue weighted by molar-refractivity contribution is -0.134. The van der Waals surface area contributed by atoms with E-state index < -0.39 is 11.4 Å². The topological polar surface area (TPSA) is 75.3 Å². The van der Waals surface area contributed by atoms with Crippen molar-refractivity contribution in [2.45, 2.75) is 32.7 Å². The van der Waals surface area contributed by atoms with E-state index in [1.165, 1.54) is 14.0 Å². The SMILES string of the molecule is CNC(=O)C(C)(C)NC(=O)CC(C)=O. The molecule has 80 valence electrons. The fraction of sp³-hybridized carbons (Fsp3) is 0.667. The van der Waals surface area contributed by atoms with Crippen molar-refractivity contribution in [3.8, 4) is 0 Å². The Morgan fingerprint density at radius 3 is 2.07 bits per heavy atom. The molecule has 0 saturated heterocycles. The Morgan fingerprint density at radius 1 is 1.21 bits per heavy atom. The van der Waals surface area contributed by atoms with Crippen LogP contribution in [0.3, 0.4) is 0 Å². The molecule has 5 heteroatoms. The highest BCUT2D eigenvalue weighted by Crippen LogP contribution is 2.02. The van der Waals surface area contributed by atoms with Crippen molar-refractivity contribution in [1.29, 1.82) is 0 Å². The highest BCUT2D eigenvalue weighted by molar-refractivity contribution is 5.99. The molecule has 14 heavy (non-hydrogen) atoms. The minimum Gasteiger partial charge on any atom is -0.357 e. The summed E-state index contributed by atoms with van der Waals surface area (Å²) in [6, 6.07) is 0. The van der Waals surface area contributed by atoms with Crippen molar-refractivity contribution >= 4 is 17.6 Å². The standard InChI is InChI=1S/C9H16N2O3/c1-6(12)5-7(13)11-9(2,3)8(14)10-4/h5H2,1-4H3,(H,10,14)(H,11,13). The number of carbonyl (C=O) groups excluding carboxylic acids is 3. The average Bonchev–Trinajstić information content (AvgIpc) is 1.99. The molecule has 0 heterocycles. The lowest BCUT2D eigenvalue weighted by Crippen LogP contribution is -2.54. The molecule has 2 amide bonds. The van der Waals surface area contributed by atoms with Crippen LogP contribution in [0.2, 0.25) is 0 Å². The Balaban J connectivity index is 4.29. The van der Waals surface area contributed by atoms with Gasteiger partial charge in [-0.3, -0.25) is 14.4 Å². The molecule has 0 atom stereocenters. The van der Waals surface area contributed by atoms with Crippen LogP contribution in [0.5, 0.6) is 0 Å². The maximum atomic E-state index is 11.2. The van der Waals surface area contributed by atoms with Gasteiger partial charge in [0.05, 0.1) is 6.42 Å². The van der Waals surface area contributed by atoms with Crippen LogP contribution >= 0.6 is 0 Å². The summed E-state index contributed by atoms with van der Waals surface area (Å²) in [5.41, 5.74) is -0.985. The number of amides is 2. The normalized spacial score (nSPS) is 10.6. The summed E-state index contributed by atoms with van der Waals surface area (Å²) < 4.78 is 0. The first-order chi connectivity index (χ1) is 6.29. The van der Waals surface area contributed by atoms with Gasteiger partial charge in [0.25, 0.3) is 0 Å². The highest BCUT2D eigenvalue weighted by atomic mass is 16.2. The molecule has 0 radical (unpaired) electrons. The first kappa shape index (κ1) is 12.6. The molecular formula is C9H16N2O3. The molecule has 0 aliphatic carbocycles. The molecule has 0 spiro atoms. The molecule has 2 N–H and O–H groups in total. The van der Waals surface area contributed by atoms with Gasteiger partial charge in [-0.25, -0.2) is 0 Å². The lowest BCUT2D eigenvalue weighted by Gasteiger charge is -2.23. The van der Waals surface area contributed by atoms with Gasteiger partial charge in [-0.05, 0) is 20.8 Å². The second-order valence-electron chi connectivity index (χ2n) is 3.63. The maximum absolute atomic E-state index is 11.2. The monoisotopic (exact) mass is 200 g/mol. The fourth-order valence-corrected chi connectivity index (χ4v) is 0.988. The van der Waals surface area contributed by atoms with Gasteiger partial charge < -0.3 is 10.6 Å². The first-order valence-corrected chi connectivity index (χ1v) is 4.32. The van der Waals surface area contributed by atoms with Crippen LogP contribution in [0, 0.1) is 0 Å². The smallest absolute Gasteiger partial charge is 0.244 e. The summed E-state index contributed by atoms with van der Waals surface area (Å²) in [7, 11) is 1.49. The number of hydrogen-bond donors (Lipinski definition) is 2.